The van der Waals surface area contributed by atoms with Crippen molar-refractivity contribution in [2.24, 2.45) is 0 Å². The van der Waals surface area contributed by atoms with Crippen LogP contribution in [-0.4, -0.2) is 25.2 Å². The second-order valence-corrected chi connectivity index (χ2v) is 4.08. The Morgan fingerprint density at radius 3 is 1.78 bits per heavy atom. The highest BCUT2D eigenvalue weighted by Gasteiger charge is 2.00. The van der Waals surface area contributed by atoms with E-state index in [1.165, 1.54) is 0 Å². The molecule has 0 aromatic rings. The summed E-state index contributed by atoms with van der Waals surface area (Å²) in [6.07, 6.45) is 8.27. The first-order chi connectivity index (χ1) is 8.70. The van der Waals surface area contributed by atoms with E-state index in [0.717, 1.165) is 50.7 Å². The minimum Gasteiger partial charge on any atom is -0.463 e. The van der Waals surface area contributed by atoms with Gasteiger partial charge in [0.15, 0.2) is 0 Å². The molecule has 0 radical (unpaired) electrons. The molecule has 4 nitrogen and oxygen atoms in total. The van der Waals surface area contributed by atoms with Gasteiger partial charge in [-0.25, -0.2) is 9.59 Å². The van der Waals surface area contributed by atoms with Crippen molar-refractivity contribution in [3.63, 3.8) is 0 Å². The number of carbonyl (C=O) groups excluding carboxylic acids is 2. The number of rotatable bonds is 10. The largest absolute Gasteiger partial charge is 0.463 e. The molecule has 0 N–H and O–H groups in total. The van der Waals surface area contributed by atoms with Gasteiger partial charge in [0.1, 0.15) is 0 Å². The number of hydrogen-bond acceptors (Lipinski definition) is 4. The first kappa shape index (κ1) is 16.7. The van der Waals surface area contributed by atoms with Crippen molar-refractivity contribution < 1.29 is 19.1 Å². The van der Waals surface area contributed by atoms with Crippen LogP contribution in [0.15, 0.2) is 12.2 Å². The predicted molar refractivity (Wildman–Crippen MR) is 70.1 cm³/mol. The van der Waals surface area contributed by atoms with Crippen molar-refractivity contribution in [1.29, 1.82) is 0 Å². The molecule has 0 rings (SSSR count). The maximum absolute atomic E-state index is 11.2. The summed E-state index contributed by atoms with van der Waals surface area (Å²) < 4.78 is 9.79. The van der Waals surface area contributed by atoms with Crippen LogP contribution in [0.25, 0.3) is 0 Å². The van der Waals surface area contributed by atoms with Crippen LogP contribution in [0.2, 0.25) is 0 Å². The second kappa shape index (κ2) is 12.1. The first-order valence-corrected chi connectivity index (χ1v) is 6.72. The zero-order chi connectivity index (χ0) is 13.6. The lowest BCUT2D eigenvalue weighted by Crippen LogP contribution is -2.06. The molecule has 0 atom stereocenters. The summed E-state index contributed by atoms with van der Waals surface area (Å²) in [6, 6.07) is 0. The van der Waals surface area contributed by atoms with Gasteiger partial charge in [-0.3, -0.25) is 0 Å². The van der Waals surface area contributed by atoms with Gasteiger partial charge in [0, 0.05) is 12.2 Å². The topological polar surface area (TPSA) is 52.6 Å². The van der Waals surface area contributed by atoms with E-state index < -0.39 is 11.9 Å². The highest BCUT2D eigenvalue weighted by atomic mass is 16.5. The van der Waals surface area contributed by atoms with Crippen LogP contribution < -0.4 is 0 Å². The molecule has 0 saturated heterocycles. The highest BCUT2D eigenvalue weighted by Crippen LogP contribution is 1.99. The zero-order valence-electron chi connectivity index (χ0n) is 11.4. The van der Waals surface area contributed by atoms with Crippen molar-refractivity contribution in [3.05, 3.63) is 12.2 Å². The predicted octanol–water partition coefficient (Wildman–Crippen LogP) is 3.01. The Morgan fingerprint density at radius 2 is 1.28 bits per heavy atom. The summed E-state index contributed by atoms with van der Waals surface area (Å²) in [5.74, 6) is -0.981. The molecule has 0 aliphatic carbocycles. The number of carbonyl (C=O) groups is 2. The summed E-state index contributed by atoms with van der Waals surface area (Å²) in [5.41, 5.74) is 0. The third-order valence-corrected chi connectivity index (χ3v) is 2.34. The summed E-state index contributed by atoms with van der Waals surface area (Å²) >= 11 is 0. The number of esters is 2. The normalized spacial score (nSPS) is 10.6. The van der Waals surface area contributed by atoms with Gasteiger partial charge in [0.25, 0.3) is 0 Å². The summed E-state index contributed by atoms with van der Waals surface area (Å²) in [4.78, 5) is 22.3. The van der Waals surface area contributed by atoms with Gasteiger partial charge < -0.3 is 9.47 Å². The molecule has 0 aromatic carbocycles. The van der Waals surface area contributed by atoms with Gasteiger partial charge in [-0.1, -0.05) is 39.5 Å². The third kappa shape index (κ3) is 11.2. The monoisotopic (exact) mass is 256 g/mol. The van der Waals surface area contributed by atoms with E-state index in [1.54, 1.807) is 0 Å². The van der Waals surface area contributed by atoms with E-state index in [9.17, 15) is 9.59 Å². The fourth-order valence-electron chi connectivity index (χ4n) is 1.25. The maximum Gasteiger partial charge on any atom is 0.331 e. The average molecular weight is 256 g/mol. The van der Waals surface area contributed by atoms with E-state index in [4.69, 9.17) is 9.47 Å². The first-order valence-electron chi connectivity index (χ1n) is 6.72. The lowest BCUT2D eigenvalue weighted by Gasteiger charge is -2.01. The van der Waals surface area contributed by atoms with E-state index in [2.05, 4.69) is 6.92 Å². The molecule has 0 fully saturated rings. The second-order valence-electron chi connectivity index (χ2n) is 4.08. The van der Waals surface area contributed by atoms with Crippen LogP contribution >= 0.6 is 0 Å². The van der Waals surface area contributed by atoms with Crippen LogP contribution in [0.1, 0.15) is 52.4 Å². The maximum atomic E-state index is 11.2. The van der Waals surface area contributed by atoms with Crippen molar-refractivity contribution >= 4 is 11.9 Å². The minimum atomic E-state index is -0.494. The van der Waals surface area contributed by atoms with Crippen molar-refractivity contribution in [2.75, 3.05) is 13.2 Å². The van der Waals surface area contributed by atoms with Gasteiger partial charge in [-0.15, -0.1) is 0 Å². The van der Waals surface area contributed by atoms with Gasteiger partial charge in [0.2, 0.25) is 0 Å². The average Bonchev–Trinajstić information content (AvgIpc) is 2.36. The molecule has 18 heavy (non-hydrogen) atoms. The van der Waals surface area contributed by atoms with Crippen molar-refractivity contribution in [1.82, 2.24) is 0 Å². The van der Waals surface area contributed by atoms with E-state index in [1.807, 2.05) is 6.92 Å². The molecule has 0 aliphatic rings. The van der Waals surface area contributed by atoms with Crippen LogP contribution in [0.3, 0.4) is 0 Å². The standard InChI is InChI=1S/C14H24O4/c1-3-5-7-8-12-18-14(16)10-9-13(15)17-11-6-4-2/h9-10H,3-8,11-12H2,1-2H3. The fraction of sp³-hybridized carbons (Fsp3) is 0.714. The highest BCUT2D eigenvalue weighted by molar-refractivity contribution is 5.91. The lowest BCUT2D eigenvalue weighted by atomic mass is 10.2. The van der Waals surface area contributed by atoms with Gasteiger partial charge in [-0.05, 0) is 12.8 Å². The minimum absolute atomic E-state index is 0.395. The third-order valence-electron chi connectivity index (χ3n) is 2.34. The lowest BCUT2D eigenvalue weighted by molar-refractivity contribution is -0.140. The van der Waals surface area contributed by atoms with Gasteiger partial charge in [0.05, 0.1) is 13.2 Å². The van der Waals surface area contributed by atoms with E-state index in [-0.39, 0.29) is 0 Å². The molecular formula is C14H24O4. The van der Waals surface area contributed by atoms with Gasteiger partial charge >= 0.3 is 11.9 Å². The molecule has 0 saturated carbocycles. The quantitative estimate of drug-likeness (QED) is 0.342. The fourth-order valence-corrected chi connectivity index (χ4v) is 1.25. The Balaban J connectivity index is 3.57. The van der Waals surface area contributed by atoms with E-state index in [0.29, 0.717) is 13.2 Å². The van der Waals surface area contributed by atoms with Crippen LogP contribution in [0, 0.1) is 0 Å². The summed E-state index contributed by atoms with van der Waals surface area (Å²) in [6.45, 7) is 4.94. The summed E-state index contributed by atoms with van der Waals surface area (Å²) in [5, 5.41) is 0. The molecule has 0 unspecified atom stereocenters. The van der Waals surface area contributed by atoms with Crippen LogP contribution in [0.4, 0.5) is 0 Å². The molecule has 104 valence electrons. The van der Waals surface area contributed by atoms with Crippen LogP contribution in [0.5, 0.6) is 0 Å². The Bertz CT molecular complexity index is 259. The number of hydrogen-bond donors (Lipinski definition) is 0. The molecule has 0 spiro atoms. The van der Waals surface area contributed by atoms with Crippen molar-refractivity contribution in [2.45, 2.75) is 52.4 Å². The molecular weight excluding hydrogens is 232 g/mol. The van der Waals surface area contributed by atoms with E-state index >= 15 is 0 Å². The van der Waals surface area contributed by atoms with Gasteiger partial charge in [-0.2, -0.15) is 0 Å². The Hall–Kier alpha value is -1.32. The Labute approximate surface area is 109 Å². The summed E-state index contributed by atoms with van der Waals surface area (Å²) in [7, 11) is 0. The Morgan fingerprint density at radius 1 is 0.778 bits per heavy atom. The molecule has 0 heterocycles. The van der Waals surface area contributed by atoms with Crippen LogP contribution in [-0.2, 0) is 19.1 Å². The molecule has 4 heteroatoms. The molecule has 0 aromatic heterocycles. The Kier molecular flexibility index (Phi) is 11.3. The van der Waals surface area contributed by atoms with Crippen molar-refractivity contribution in [3.8, 4) is 0 Å². The molecule has 0 amide bonds. The smallest absolute Gasteiger partial charge is 0.331 e. The zero-order valence-corrected chi connectivity index (χ0v) is 11.4. The molecule has 0 bridgehead atoms. The SMILES string of the molecule is CCCCCCOC(=O)C=CC(=O)OCCCC. The number of ether oxygens (including phenoxy) is 2. The number of unbranched alkanes of at least 4 members (excludes halogenated alkanes) is 4. The molecule has 0 aliphatic heterocycles.